The average Bonchev–Trinajstić information content (AvgIpc) is 2.90. The average molecular weight is 261 g/mol. The number of carbonyl (C=O) groups is 1. The van der Waals surface area contributed by atoms with Crippen LogP contribution in [0, 0.1) is 0 Å². The first-order valence-electron chi connectivity index (χ1n) is 6.28. The van der Waals surface area contributed by atoms with Gasteiger partial charge in [0, 0.05) is 18.5 Å². The van der Waals surface area contributed by atoms with E-state index >= 15 is 0 Å². The van der Waals surface area contributed by atoms with Crippen molar-refractivity contribution in [3.05, 3.63) is 36.1 Å². The molecule has 1 fully saturated rings. The molecule has 0 bridgehead atoms. The quantitative estimate of drug-likeness (QED) is 0.884. The van der Waals surface area contributed by atoms with Crippen LogP contribution >= 0.6 is 0 Å². The summed E-state index contributed by atoms with van der Waals surface area (Å²) in [7, 11) is 0. The van der Waals surface area contributed by atoms with Gasteiger partial charge in [-0.1, -0.05) is 18.2 Å². The fraction of sp³-hybridized carbons (Fsp3) is 0.357. The van der Waals surface area contributed by atoms with Gasteiger partial charge in [0.1, 0.15) is 5.58 Å². The molecule has 0 aliphatic carbocycles. The predicted octanol–water partition coefficient (Wildman–Crippen LogP) is 1.27. The number of furan rings is 1. The number of hydrogen-bond donors (Lipinski definition) is 1. The smallest absolute Gasteiger partial charge is 0.289 e. The van der Waals surface area contributed by atoms with Crippen molar-refractivity contribution < 1.29 is 19.1 Å². The predicted molar refractivity (Wildman–Crippen MR) is 68.9 cm³/mol. The Bertz CT molecular complexity index is 559. The van der Waals surface area contributed by atoms with E-state index < -0.39 is 0 Å². The molecule has 1 unspecified atom stereocenters. The minimum atomic E-state index is -0.304. The zero-order valence-electron chi connectivity index (χ0n) is 10.4. The number of hydrogen-bond acceptors (Lipinski definition) is 4. The molecule has 1 aromatic carbocycles. The summed E-state index contributed by atoms with van der Waals surface area (Å²) in [5.74, 6) is 0.178. The van der Waals surface area contributed by atoms with Crippen LogP contribution in [-0.4, -0.2) is 48.3 Å². The van der Waals surface area contributed by atoms with E-state index in [-0.39, 0.29) is 18.6 Å². The molecule has 5 nitrogen and oxygen atoms in total. The number of ether oxygens (including phenoxy) is 1. The Morgan fingerprint density at radius 2 is 2.26 bits per heavy atom. The van der Waals surface area contributed by atoms with E-state index in [0.717, 1.165) is 5.39 Å². The van der Waals surface area contributed by atoms with Crippen molar-refractivity contribution >= 4 is 16.9 Å². The van der Waals surface area contributed by atoms with E-state index in [1.165, 1.54) is 0 Å². The van der Waals surface area contributed by atoms with Gasteiger partial charge in [0.05, 0.1) is 19.3 Å². The minimum Gasteiger partial charge on any atom is -0.451 e. The fourth-order valence-electron chi connectivity index (χ4n) is 2.26. The van der Waals surface area contributed by atoms with Gasteiger partial charge in [-0.2, -0.15) is 0 Å². The zero-order chi connectivity index (χ0) is 13.2. The molecule has 1 atom stereocenters. The molecule has 3 rings (SSSR count). The number of aliphatic hydroxyl groups is 1. The van der Waals surface area contributed by atoms with Gasteiger partial charge in [0.25, 0.3) is 5.91 Å². The molecule has 1 aromatic heterocycles. The van der Waals surface area contributed by atoms with Crippen molar-refractivity contribution in [2.24, 2.45) is 0 Å². The molecule has 1 saturated heterocycles. The Kier molecular flexibility index (Phi) is 3.23. The first-order chi connectivity index (χ1) is 9.28. The van der Waals surface area contributed by atoms with Crippen LogP contribution in [-0.2, 0) is 4.74 Å². The molecule has 1 aliphatic heterocycles. The zero-order valence-corrected chi connectivity index (χ0v) is 10.4. The van der Waals surface area contributed by atoms with Gasteiger partial charge in [0.2, 0.25) is 0 Å². The Morgan fingerprint density at radius 1 is 1.42 bits per heavy atom. The number of morpholine rings is 1. The van der Waals surface area contributed by atoms with Gasteiger partial charge in [-0.15, -0.1) is 0 Å². The number of amides is 1. The molecule has 1 aliphatic rings. The maximum atomic E-state index is 12.3. The van der Waals surface area contributed by atoms with E-state index in [2.05, 4.69) is 0 Å². The Balaban J connectivity index is 1.82. The summed E-state index contributed by atoms with van der Waals surface area (Å²) < 4.78 is 10.9. The third kappa shape index (κ3) is 2.34. The lowest BCUT2D eigenvalue weighted by Gasteiger charge is -2.31. The maximum Gasteiger partial charge on any atom is 0.289 e. The maximum absolute atomic E-state index is 12.3. The van der Waals surface area contributed by atoms with E-state index in [9.17, 15) is 4.79 Å². The SMILES string of the molecule is O=C(c1cc2ccccc2o1)N1CCOC(CO)C1. The summed E-state index contributed by atoms with van der Waals surface area (Å²) >= 11 is 0. The molecule has 5 heteroatoms. The van der Waals surface area contributed by atoms with E-state index in [4.69, 9.17) is 14.3 Å². The molecule has 2 aromatic rings. The summed E-state index contributed by atoms with van der Waals surface area (Å²) in [6.45, 7) is 1.28. The number of para-hydroxylation sites is 1. The van der Waals surface area contributed by atoms with E-state index in [0.29, 0.717) is 31.0 Å². The Morgan fingerprint density at radius 3 is 3.05 bits per heavy atom. The lowest BCUT2D eigenvalue weighted by atomic mass is 10.2. The second kappa shape index (κ2) is 5.03. The van der Waals surface area contributed by atoms with Crippen molar-refractivity contribution in [2.75, 3.05) is 26.3 Å². The second-order valence-corrected chi connectivity index (χ2v) is 4.58. The van der Waals surface area contributed by atoms with Gasteiger partial charge in [-0.25, -0.2) is 0 Å². The number of benzene rings is 1. The third-order valence-electron chi connectivity index (χ3n) is 3.27. The molecule has 0 radical (unpaired) electrons. The van der Waals surface area contributed by atoms with Crippen LogP contribution in [0.3, 0.4) is 0 Å². The monoisotopic (exact) mass is 261 g/mol. The molecule has 1 amide bonds. The number of carbonyl (C=O) groups excluding carboxylic acids is 1. The van der Waals surface area contributed by atoms with Crippen LogP contribution in [0.1, 0.15) is 10.6 Å². The van der Waals surface area contributed by atoms with Crippen LogP contribution in [0.2, 0.25) is 0 Å². The number of nitrogens with zero attached hydrogens (tertiary/aromatic N) is 1. The van der Waals surface area contributed by atoms with Gasteiger partial charge in [0.15, 0.2) is 5.76 Å². The summed E-state index contributed by atoms with van der Waals surface area (Å²) in [4.78, 5) is 14.0. The lowest BCUT2D eigenvalue weighted by Crippen LogP contribution is -2.46. The normalized spacial score (nSPS) is 19.8. The van der Waals surface area contributed by atoms with Crippen molar-refractivity contribution in [2.45, 2.75) is 6.10 Å². The lowest BCUT2D eigenvalue weighted by molar-refractivity contribution is -0.0453. The highest BCUT2D eigenvalue weighted by Gasteiger charge is 2.26. The van der Waals surface area contributed by atoms with Gasteiger partial charge >= 0.3 is 0 Å². The number of rotatable bonds is 2. The standard InChI is InChI=1S/C14H15NO4/c16-9-11-8-15(5-6-18-11)14(17)13-7-10-3-1-2-4-12(10)19-13/h1-4,7,11,16H,5-6,8-9H2. The summed E-state index contributed by atoms with van der Waals surface area (Å²) in [6.07, 6.45) is -0.304. The third-order valence-corrected chi connectivity index (χ3v) is 3.27. The van der Waals surface area contributed by atoms with Crippen LogP contribution in [0.15, 0.2) is 34.7 Å². The van der Waals surface area contributed by atoms with Gasteiger partial charge in [-0.05, 0) is 12.1 Å². The van der Waals surface area contributed by atoms with Crippen LogP contribution in [0.4, 0.5) is 0 Å². The Labute approximate surface area is 110 Å². The van der Waals surface area contributed by atoms with Gasteiger partial charge < -0.3 is 19.2 Å². The largest absolute Gasteiger partial charge is 0.451 e. The molecular formula is C14H15NO4. The number of fused-ring (bicyclic) bond motifs is 1. The minimum absolute atomic E-state index is 0.0795. The first kappa shape index (κ1) is 12.2. The molecule has 0 spiro atoms. The van der Waals surface area contributed by atoms with Crippen LogP contribution in [0.25, 0.3) is 11.0 Å². The van der Waals surface area contributed by atoms with Gasteiger partial charge in [-0.3, -0.25) is 4.79 Å². The highest BCUT2D eigenvalue weighted by Crippen LogP contribution is 2.20. The highest BCUT2D eigenvalue weighted by atomic mass is 16.5. The second-order valence-electron chi connectivity index (χ2n) is 4.58. The van der Waals surface area contributed by atoms with E-state index in [1.807, 2.05) is 24.3 Å². The Hall–Kier alpha value is -1.85. The molecule has 100 valence electrons. The summed E-state index contributed by atoms with van der Waals surface area (Å²) in [6, 6.07) is 9.27. The number of aliphatic hydroxyl groups excluding tert-OH is 1. The van der Waals surface area contributed by atoms with Crippen molar-refractivity contribution in [1.82, 2.24) is 4.90 Å². The van der Waals surface area contributed by atoms with Crippen LogP contribution in [0.5, 0.6) is 0 Å². The van der Waals surface area contributed by atoms with Crippen molar-refractivity contribution in [3.8, 4) is 0 Å². The molecule has 0 saturated carbocycles. The molecule has 1 N–H and O–H groups in total. The molecule has 19 heavy (non-hydrogen) atoms. The first-order valence-corrected chi connectivity index (χ1v) is 6.28. The summed E-state index contributed by atoms with van der Waals surface area (Å²) in [5.41, 5.74) is 0.706. The topological polar surface area (TPSA) is 62.9 Å². The molecular weight excluding hydrogens is 246 g/mol. The van der Waals surface area contributed by atoms with Crippen molar-refractivity contribution in [3.63, 3.8) is 0 Å². The fourth-order valence-corrected chi connectivity index (χ4v) is 2.26. The summed E-state index contributed by atoms with van der Waals surface area (Å²) in [5, 5.41) is 10.0. The van der Waals surface area contributed by atoms with E-state index in [1.54, 1.807) is 11.0 Å². The highest BCUT2D eigenvalue weighted by molar-refractivity contribution is 5.96. The molecule has 2 heterocycles. The van der Waals surface area contributed by atoms with Crippen LogP contribution < -0.4 is 0 Å². The van der Waals surface area contributed by atoms with Crippen molar-refractivity contribution in [1.29, 1.82) is 0 Å².